The Morgan fingerprint density at radius 2 is 1.73 bits per heavy atom. The van der Waals surface area contributed by atoms with Gasteiger partial charge in [-0.05, 0) is 62.4 Å². The first-order valence-corrected chi connectivity index (χ1v) is 10.6. The highest BCUT2D eigenvalue weighted by atomic mass is 32.1. The number of benzene rings is 2. The summed E-state index contributed by atoms with van der Waals surface area (Å²) >= 11 is 1.52. The normalized spacial score (nSPS) is 10.9. The zero-order valence-electron chi connectivity index (χ0n) is 16.7. The largest absolute Gasteiger partial charge is 0.448 e. The molecule has 0 atom stereocenters. The van der Waals surface area contributed by atoms with Crippen LogP contribution in [0.15, 0.2) is 65.1 Å². The van der Waals surface area contributed by atoms with E-state index in [2.05, 4.69) is 10.3 Å². The molecule has 6 nitrogen and oxygen atoms in total. The molecular weight excluding hydrogens is 398 g/mol. The zero-order valence-corrected chi connectivity index (χ0v) is 17.5. The molecule has 2 aromatic carbocycles. The van der Waals surface area contributed by atoms with E-state index < -0.39 is 0 Å². The van der Waals surface area contributed by atoms with Crippen molar-refractivity contribution >= 4 is 39.1 Å². The molecule has 0 aliphatic carbocycles. The van der Waals surface area contributed by atoms with E-state index >= 15 is 0 Å². The summed E-state index contributed by atoms with van der Waals surface area (Å²) in [5.41, 5.74) is 2.08. The van der Waals surface area contributed by atoms with Gasteiger partial charge in [0.25, 0.3) is 11.8 Å². The van der Waals surface area contributed by atoms with Crippen LogP contribution in [0.25, 0.3) is 21.0 Å². The minimum Gasteiger partial charge on any atom is -0.448 e. The van der Waals surface area contributed by atoms with Crippen molar-refractivity contribution in [3.8, 4) is 10.8 Å². The Balaban J connectivity index is 1.46. The predicted octanol–water partition coefficient (Wildman–Crippen LogP) is 5.29. The maximum Gasteiger partial charge on any atom is 0.291 e. The van der Waals surface area contributed by atoms with Crippen LogP contribution < -0.4 is 5.32 Å². The molecule has 0 spiro atoms. The number of furan rings is 1. The predicted molar refractivity (Wildman–Crippen MR) is 119 cm³/mol. The Bertz CT molecular complexity index is 1160. The number of fused-ring (bicyclic) bond motifs is 1. The van der Waals surface area contributed by atoms with Gasteiger partial charge in [-0.25, -0.2) is 4.98 Å². The van der Waals surface area contributed by atoms with Gasteiger partial charge in [0.15, 0.2) is 16.5 Å². The molecule has 0 unspecified atom stereocenters. The minimum atomic E-state index is -0.356. The molecule has 2 aromatic heterocycles. The van der Waals surface area contributed by atoms with Crippen LogP contribution in [0.5, 0.6) is 0 Å². The molecule has 4 rings (SSSR count). The molecule has 0 radical (unpaired) electrons. The van der Waals surface area contributed by atoms with Crippen molar-refractivity contribution in [1.82, 2.24) is 9.88 Å². The lowest BCUT2D eigenvalue weighted by Gasteiger charge is -2.18. The molecule has 0 fully saturated rings. The summed E-state index contributed by atoms with van der Waals surface area (Å²) in [7, 11) is 0. The van der Waals surface area contributed by atoms with Gasteiger partial charge < -0.3 is 14.6 Å². The van der Waals surface area contributed by atoms with Crippen molar-refractivity contribution in [2.75, 3.05) is 18.4 Å². The topological polar surface area (TPSA) is 75.4 Å². The van der Waals surface area contributed by atoms with E-state index in [4.69, 9.17) is 4.42 Å². The third-order valence-corrected chi connectivity index (χ3v) is 5.83. The summed E-state index contributed by atoms with van der Waals surface area (Å²) in [5.74, 6) is 0.378. The number of nitrogens with one attached hydrogen (secondary N) is 1. The van der Waals surface area contributed by atoms with E-state index in [-0.39, 0.29) is 17.6 Å². The van der Waals surface area contributed by atoms with Crippen LogP contribution in [0, 0.1) is 0 Å². The number of carbonyl (C=O) groups is 2. The Hall–Kier alpha value is -3.45. The van der Waals surface area contributed by atoms with Crippen LogP contribution in [-0.2, 0) is 0 Å². The minimum absolute atomic E-state index is 0.0237. The molecule has 0 aliphatic heterocycles. The van der Waals surface area contributed by atoms with Crippen LogP contribution >= 0.6 is 11.3 Å². The maximum absolute atomic E-state index is 12.6. The fraction of sp³-hybridized carbons (Fsp3) is 0.174. The van der Waals surface area contributed by atoms with E-state index in [0.717, 1.165) is 15.2 Å². The van der Waals surface area contributed by atoms with E-state index in [9.17, 15) is 9.59 Å². The second-order valence-corrected chi connectivity index (χ2v) is 7.69. The van der Waals surface area contributed by atoms with Gasteiger partial charge in [0.05, 0.1) is 10.2 Å². The van der Waals surface area contributed by atoms with Crippen LogP contribution in [0.1, 0.15) is 34.8 Å². The fourth-order valence-electron chi connectivity index (χ4n) is 3.13. The Morgan fingerprint density at radius 1 is 1.00 bits per heavy atom. The standard InChI is InChI=1S/C23H21N3O3S/c1-3-26(4-2)23(28)15-9-11-16(12-10-15)24-21(27)18-13-14-19(29-18)22-25-17-7-5-6-8-20(17)30-22/h5-14H,3-4H2,1-2H3,(H,24,27). The summed E-state index contributed by atoms with van der Waals surface area (Å²) < 4.78 is 6.79. The van der Waals surface area contributed by atoms with Gasteiger partial charge in [-0.15, -0.1) is 11.3 Å². The van der Waals surface area contributed by atoms with Crippen LogP contribution in [0.4, 0.5) is 5.69 Å². The van der Waals surface area contributed by atoms with Crippen LogP contribution in [0.2, 0.25) is 0 Å². The third kappa shape index (κ3) is 3.97. The Kier molecular flexibility index (Phi) is 5.63. The van der Waals surface area contributed by atoms with Crippen molar-refractivity contribution < 1.29 is 14.0 Å². The first-order chi connectivity index (χ1) is 14.6. The summed E-state index contributed by atoms with van der Waals surface area (Å²) in [4.78, 5) is 31.2. The van der Waals surface area contributed by atoms with Crippen LogP contribution in [0.3, 0.4) is 0 Å². The SMILES string of the molecule is CCN(CC)C(=O)c1ccc(NC(=O)c2ccc(-c3nc4ccccc4s3)o2)cc1. The second-order valence-electron chi connectivity index (χ2n) is 6.66. The van der Waals surface area contributed by atoms with E-state index in [1.54, 1.807) is 41.3 Å². The number of rotatable bonds is 6. The molecule has 1 N–H and O–H groups in total. The lowest BCUT2D eigenvalue weighted by Crippen LogP contribution is -2.30. The average Bonchev–Trinajstić information content (AvgIpc) is 3.42. The number of amides is 2. The van der Waals surface area contributed by atoms with Crippen molar-refractivity contribution in [3.63, 3.8) is 0 Å². The van der Waals surface area contributed by atoms with E-state index in [1.165, 1.54) is 11.3 Å². The molecule has 0 bridgehead atoms. The van der Waals surface area contributed by atoms with Gasteiger partial charge >= 0.3 is 0 Å². The number of carbonyl (C=O) groups excluding carboxylic acids is 2. The van der Waals surface area contributed by atoms with Crippen molar-refractivity contribution in [2.45, 2.75) is 13.8 Å². The fourth-order valence-corrected chi connectivity index (χ4v) is 4.06. The lowest BCUT2D eigenvalue weighted by molar-refractivity contribution is 0.0773. The number of hydrogen-bond acceptors (Lipinski definition) is 5. The Morgan fingerprint density at radius 3 is 2.43 bits per heavy atom. The summed E-state index contributed by atoms with van der Waals surface area (Å²) in [6.45, 7) is 5.20. The van der Waals surface area contributed by atoms with E-state index in [1.807, 2.05) is 38.1 Å². The molecule has 2 amide bonds. The maximum atomic E-state index is 12.6. The van der Waals surface area contributed by atoms with Gasteiger partial charge in [-0.2, -0.15) is 0 Å². The van der Waals surface area contributed by atoms with Crippen molar-refractivity contribution in [1.29, 1.82) is 0 Å². The highest BCUT2D eigenvalue weighted by Gasteiger charge is 2.16. The summed E-state index contributed by atoms with van der Waals surface area (Å²) in [6.07, 6.45) is 0. The number of nitrogens with zero attached hydrogens (tertiary/aromatic N) is 2. The third-order valence-electron chi connectivity index (χ3n) is 4.77. The van der Waals surface area contributed by atoms with Gasteiger partial charge in [-0.1, -0.05) is 12.1 Å². The molecule has 152 valence electrons. The summed E-state index contributed by atoms with van der Waals surface area (Å²) in [5, 5.41) is 3.53. The Labute approximate surface area is 178 Å². The lowest BCUT2D eigenvalue weighted by atomic mass is 10.1. The number of thiazole rings is 1. The summed E-state index contributed by atoms with van der Waals surface area (Å²) in [6, 6.07) is 18.1. The molecule has 2 heterocycles. The number of hydrogen-bond donors (Lipinski definition) is 1. The molecule has 0 saturated heterocycles. The van der Waals surface area contributed by atoms with E-state index in [0.29, 0.717) is 30.1 Å². The van der Waals surface area contributed by atoms with Gasteiger partial charge in [0.1, 0.15) is 0 Å². The smallest absolute Gasteiger partial charge is 0.291 e. The molecule has 7 heteroatoms. The molecule has 30 heavy (non-hydrogen) atoms. The van der Waals surface area contributed by atoms with Gasteiger partial charge in [-0.3, -0.25) is 9.59 Å². The molecular formula is C23H21N3O3S. The monoisotopic (exact) mass is 419 g/mol. The van der Waals surface area contributed by atoms with Gasteiger partial charge in [0.2, 0.25) is 0 Å². The molecule has 0 saturated carbocycles. The van der Waals surface area contributed by atoms with Crippen molar-refractivity contribution in [2.24, 2.45) is 0 Å². The zero-order chi connectivity index (χ0) is 21.1. The molecule has 4 aromatic rings. The van der Waals surface area contributed by atoms with Crippen LogP contribution in [-0.4, -0.2) is 34.8 Å². The average molecular weight is 420 g/mol. The first kappa shape index (κ1) is 19.8. The van der Waals surface area contributed by atoms with Crippen molar-refractivity contribution in [3.05, 3.63) is 72.0 Å². The highest BCUT2D eigenvalue weighted by Crippen LogP contribution is 2.31. The second kappa shape index (κ2) is 8.51. The molecule has 0 aliphatic rings. The number of anilines is 1. The highest BCUT2D eigenvalue weighted by molar-refractivity contribution is 7.21. The quantitative estimate of drug-likeness (QED) is 0.461. The number of aromatic nitrogens is 1. The van der Waals surface area contributed by atoms with Gasteiger partial charge in [0, 0.05) is 24.3 Å². The first-order valence-electron chi connectivity index (χ1n) is 9.75. The number of para-hydroxylation sites is 1.